The molecule has 0 amide bonds. The summed E-state index contributed by atoms with van der Waals surface area (Å²) in [6.07, 6.45) is 1.79. The number of anilines is 2. The number of nitrogens with two attached hydrogens (primary N) is 1. The second-order valence-corrected chi connectivity index (χ2v) is 3.93. The summed E-state index contributed by atoms with van der Waals surface area (Å²) in [7, 11) is 0. The average Bonchev–Trinajstić information content (AvgIpc) is 2.72. The predicted molar refractivity (Wildman–Crippen MR) is 66.8 cm³/mol. The second-order valence-electron chi connectivity index (χ2n) is 3.93. The van der Waals surface area contributed by atoms with Crippen molar-refractivity contribution in [2.24, 2.45) is 0 Å². The molecule has 18 heavy (non-hydrogen) atoms. The minimum absolute atomic E-state index is 0.444. The van der Waals surface area contributed by atoms with Crippen LogP contribution in [0.15, 0.2) is 10.6 Å². The molecule has 0 unspecified atom stereocenters. The van der Waals surface area contributed by atoms with Gasteiger partial charge in [0.2, 0.25) is 5.89 Å². The Hall–Kier alpha value is -2.18. The largest absolute Gasteiger partial charge is 0.384 e. The van der Waals surface area contributed by atoms with Crippen LogP contribution in [-0.4, -0.2) is 20.1 Å². The molecule has 0 aromatic carbocycles. The van der Waals surface area contributed by atoms with Crippen molar-refractivity contribution in [3.8, 4) is 0 Å². The van der Waals surface area contributed by atoms with E-state index in [1.165, 1.54) is 0 Å². The summed E-state index contributed by atoms with van der Waals surface area (Å²) in [5.41, 5.74) is 5.72. The van der Waals surface area contributed by atoms with Crippen molar-refractivity contribution in [1.29, 1.82) is 0 Å². The molecule has 0 aliphatic heterocycles. The third kappa shape index (κ3) is 3.16. The minimum atomic E-state index is 0.444. The number of rotatable bonds is 5. The number of hydrogen-bond donors (Lipinski definition) is 2. The third-order valence-electron chi connectivity index (χ3n) is 2.26. The van der Waals surface area contributed by atoms with E-state index >= 15 is 0 Å². The zero-order chi connectivity index (χ0) is 13.0. The molecule has 96 valence electrons. The molecule has 0 saturated heterocycles. The molecular weight excluding hydrogens is 232 g/mol. The molecule has 3 N–H and O–H groups in total. The fraction of sp³-hybridized carbons (Fsp3) is 0.455. The van der Waals surface area contributed by atoms with E-state index < -0.39 is 0 Å². The van der Waals surface area contributed by atoms with Gasteiger partial charge in [-0.05, 0) is 6.42 Å². The Morgan fingerprint density at radius 2 is 2.11 bits per heavy atom. The standard InChI is InChI=1S/C11H16N6O/c1-3-4-9-15-8(12)5-10(16-9)13-6-11-14-7(2)18-17-11/h5H,3-4,6H2,1-2H3,(H3,12,13,15,16). The van der Waals surface area contributed by atoms with E-state index in [0.29, 0.717) is 29.9 Å². The van der Waals surface area contributed by atoms with Gasteiger partial charge in [0.1, 0.15) is 17.5 Å². The van der Waals surface area contributed by atoms with E-state index in [1.807, 2.05) is 0 Å². The van der Waals surface area contributed by atoms with Crippen LogP contribution in [0.3, 0.4) is 0 Å². The first-order chi connectivity index (χ1) is 8.67. The Balaban J connectivity index is 2.04. The minimum Gasteiger partial charge on any atom is -0.384 e. The highest BCUT2D eigenvalue weighted by Gasteiger charge is 2.05. The van der Waals surface area contributed by atoms with Crippen molar-refractivity contribution in [2.75, 3.05) is 11.1 Å². The molecule has 0 aliphatic rings. The highest BCUT2D eigenvalue weighted by Crippen LogP contribution is 2.10. The van der Waals surface area contributed by atoms with Crippen LogP contribution in [0.1, 0.15) is 30.9 Å². The Kier molecular flexibility index (Phi) is 3.71. The fourth-order valence-corrected chi connectivity index (χ4v) is 1.53. The molecule has 2 aromatic rings. The summed E-state index contributed by atoms with van der Waals surface area (Å²) < 4.78 is 4.88. The van der Waals surface area contributed by atoms with Gasteiger partial charge in [0, 0.05) is 19.4 Å². The van der Waals surface area contributed by atoms with Gasteiger partial charge in [-0.2, -0.15) is 4.98 Å². The van der Waals surface area contributed by atoms with Crippen molar-refractivity contribution in [1.82, 2.24) is 20.1 Å². The summed E-state index contributed by atoms with van der Waals surface area (Å²) in [5, 5.41) is 6.89. The molecular formula is C11H16N6O. The fourth-order valence-electron chi connectivity index (χ4n) is 1.53. The first-order valence-corrected chi connectivity index (χ1v) is 5.84. The molecule has 2 rings (SSSR count). The maximum Gasteiger partial charge on any atom is 0.223 e. The smallest absolute Gasteiger partial charge is 0.223 e. The van der Waals surface area contributed by atoms with E-state index in [9.17, 15) is 0 Å². The van der Waals surface area contributed by atoms with Crippen molar-refractivity contribution in [2.45, 2.75) is 33.2 Å². The Morgan fingerprint density at radius 3 is 2.78 bits per heavy atom. The Labute approximate surface area is 105 Å². The van der Waals surface area contributed by atoms with Crippen LogP contribution in [0.5, 0.6) is 0 Å². The number of aryl methyl sites for hydroxylation is 2. The van der Waals surface area contributed by atoms with Crippen molar-refractivity contribution < 1.29 is 4.52 Å². The lowest BCUT2D eigenvalue weighted by molar-refractivity contribution is 0.388. The lowest BCUT2D eigenvalue weighted by Crippen LogP contribution is -2.07. The number of nitrogens with zero attached hydrogens (tertiary/aromatic N) is 4. The zero-order valence-corrected chi connectivity index (χ0v) is 10.5. The van der Waals surface area contributed by atoms with Crippen LogP contribution in [0.2, 0.25) is 0 Å². The summed E-state index contributed by atoms with van der Waals surface area (Å²) in [6, 6.07) is 1.69. The van der Waals surface area contributed by atoms with Crippen LogP contribution in [0.4, 0.5) is 11.6 Å². The summed E-state index contributed by atoms with van der Waals surface area (Å²) in [4.78, 5) is 12.6. The quantitative estimate of drug-likeness (QED) is 0.822. The number of hydrogen-bond acceptors (Lipinski definition) is 7. The third-order valence-corrected chi connectivity index (χ3v) is 2.26. The van der Waals surface area contributed by atoms with Crippen LogP contribution >= 0.6 is 0 Å². The molecule has 2 heterocycles. The van der Waals surface area contributed by atoms with Gasteiger partial charge >= 0.3 is 0 Å². The number of aromatic nitrogens is 4. The molecule has 7 nitrogen and oxygen atoms in total. The van der Waals surface area contributed by atoms with Gasteiger partial charge in [-0.1, -0.05) is 12.1 Å². The molecule has 0 atom stereocenters. The van der Waals surface area contributed by atoms with E-state index in [2.05, 4.69) is 32.3 Å². The van der Waals surface area contributed by atoms with Gasteiger partial charge in [0.05, 0.1) is 6.54 Å². The molecule has 0 saturated carbocycles. The van der Waals surface area contributed by atoms with Gasteiger partial charge < -0.3 is 15.6 Å². The molecule has 0 radical (unpaired) electrons. The summed E-state index contributed by atoms with van der Waals surface area (Å²) >= 11 is 0. The normalized spacial score (nSPS) is 10.6. The molecule has 0 spiro atoms. The zero-order valence-electron chi connectivity index (χ0n) is 10.5. The number of nitrogens with one attached hydrogen (secondary N) is 1. The van der Waals surface area contributed by atoms with Crippen LogP contribution in [-0.2, 0) is 13.0 Å². The Morgan fingerprint density at radius 1 is 1.28 bits per heavy atom. The first-order valence-electron chi connectivity index (χ1n) is 5.84. The van der Waals surface area contributed by atoms with Crippen molar-refractivity contribution >= 4 is 11.6 Å². The van der Waals surface area contributed by atoms with Crippen molar-refractivity contribution in [3.05, 3.63) is 23.6 Å². The molecule has 0 aliphatic carbocycles. The molecule has 0 bridgehead atoms. The van der Waals surface area contributed by atoms with Crippen LogP contribution in [0, 0.1) is 6.92 Å². The van der Waals surface area contributed by atoms with E-state index in [0.717, 1.165) is 18.7 Å². The Bertz CT molecular complexity index is 524. The molecule has 7 heteroatoms. The van der Waals surface area contributed by atoms with Gasteiger partial charge in [0.25, 0.3) is 0 Å². The van der Waals surface area contributed by atoms with Crippen LogP contribution < -0.4 is 11.1 Å². The second kappa shape index (κ2) is 5.44. The predicted octanol–water partition coefficient (Wildman–Crippen LogP) is 1.31. The van der Waals surface area contributed by atoms with E-state index in [1.54, 1.807) is 13.0 Å². The molecule has 0 fully saturated rings. The number of nitrogen functional groups attached to an aromatic ring is 1. The van der Waals surface area contributed by atoms with Gasteiger partial charge in [0.15, 0.2) is 5.82 Å². The monoisotopic (exact) mass is 248 g/mol. The average molecular weight is 248 g/mol. The maximum atomic E-state index is 5.72. The van der Waals surface area contributed by atoms with Crippen molar-refractivity contribution in [3.63, 3.8) is 0 Å². The summed E-state index contributed by atoms with van der Waals surface area (Å²) in [6.45, 7) is 4.26. The molecule has 2 aromatic heterocycles. The van der Waals surface area contributed by atoms with Crippen LogP contribution in [0.25, 0.3) is 0 Å². The van der Waals surface area contributed by atoms with E-state index in [-0.39, 0.29) is 0 Å². The topological polar surface area (TPSA) is 103 Å². The van der Waals surface area contributed by atoms with Gasteiger partial charge in [-0.25, -0.2) is 9.97 Å². The highest BCUT2D eigenvalue weighted by molar-refractivity contribution is 5.44. The highest BCUT2D eigenvalue weighted by atomic mass is 16.5. The first kappa shape index (κ1) is 12.3. The van der Waals surface area contributed by atoms with E-state index in [4.69, 9.17) is 10.3 Å². The van der Waals surface area contributed by atoms with Gasteiger partial charge in [-0.3, -0.25) is 0 Å². The summed E-state index contributed by atoms with van der Waals surface area (Å²) in [5.74, 6) is 3.00. The van der Waals surface area contributed by atoms with Gasteiger partial charge in [-0.15, -0.1) is 0 Å². The SMILES string of the molecule is CCCc1nc(N)cc(NCc2noc(C)n2)n1. The maximum absolute atomic E-state index is 5.72. The lowest BCUT2D eigenvalue weighted by Gasteiger charge is -2.06. The lowest BCUT2D eigenvalue weighted by atomic mass is 10.3.